The average Bonchev–Trinajstić information content (AvgIpc) is 2.84. The number of amides is 1. The minimum absolute atomic E-state index is 0.101. The summed E-state index contributed by atoms with van der Waals surface area (Å²) in [4.78, 5) is 12.8. The van der Waals surface area contributed by atoms with Gasteiger partial charge in [0.2, 0.25) is 5.91 Å². The van der Waals surface area contributed by atoms with Crippen molar-refractivity contribution in [2.24, 2.45) is 0 Å². The summed E-state index contributed by atoms with van der Waals surface area (Å²) in [5.74, 6) is -0.0682. The molecule has 1 N–H and O–H groups in total. The van der Waals surface area contributed by atoms with Gasteiger partial charge in [-0.3, -0.25) is 9.10 Å². The molecule has 1 amide bonds. The third-order valence-corrected chi connectivity index (χ3v) is 6.83. The van der Waals surface area contributed by atoms with Crippen molar-refractivity contribution in [1.82, 2.24) is 0 Å². The zero-order chi connectivity index (χ0) is 24.9. The predicted molar refractivity (Wildman–Crippen MR) is 127 cm³/mol. The van der Waals surface area contributed by atoms with Crippen molar-refractivity contribution in [2.45, 2.75) is 11.8 Å². The van der Waals surface area contributed by atoms with E-state index in [1.54, 1.807) is 19.1 Å². The monoisotopic (exact) mass is 488 g/mol. The maximum absolute atomic E-state index is 13.6. The summed E-state index contributed by atoms with van der Waals surface area (Å²) in [6.07, 6.45) is 0. The minimum atomic E-state index is -4.21. The number of anilines is 2. The summed E-state index contributed by atoms with van der Waals surface area (Å²) in [7, 11) is 0.105. The van der Waals surface area contributed by atoms with Gasteiger partial charge < -0.3 is 19.5 Å². The molecule has 0 fully saturated rings. The van der Waals surface area contributed by atoms with E-state index in [1.165, 1.54) is 69.9 Å². The van der Waals surface area contributed by atoms with Crippen molar-refractivity contribution < 1.29 is 31.8 Å². The topological polar surface area (TPSA) is 94.2 Å². The van der Waals surface area contributed by atoms with Crippen LogP contribution in [0.1, 0.15) is 5.56 Å². The molecular weight excluding hydrogens is 463 g/mol. The lowest BCUT2D eigenvalue weighted by atomic mass is 10.2. The lowest BCUT2D eigenvalue weighted by Gasteiger charge is -2.25. The molecule has 180 valence electrons. The quantitative estimate of drug-likeness (QED) is 0.490. The van der Waals surface area contributed by atoms with Gasteiger partial charge in [-0.05, 0) is 61.0 Å². The first-order chi connectivity index (χ1) is 16.2. The highest BCUT2D eigenvalue weighted by Crippen LogP contribution is 2.32. The van der Waals surface area contributed by atoms with E-state index in [4.69, 9.17) is 14.2 Å². The number of nitrogens with one attached hydrogen (secondary N) is 1. The van der Waals surface area contributed by atoms with Gasteiger partial charge in [-0.15, -0.1) is 0 Å². The van der Waals surface area contributed by atoms with E-state index in [0.717, 1.165) is 4.31 Å². The van der Waals surface area contributed by atoms with Gasteiger partial charge in [-0.1, -0.05) is 6.07 Å². The third-order valence-electron chi connectivity index (χ3n) is 5.06. The zero-order valence-electron chi connectivity index (χ0n) is 19.2. The zero-order valence-corrected chi connectivity index (χ0v) is 20.0. The highest BCUT2D eigenvalue weighted by atomic mass is 32.2. The summed E-state index contributed by atoms with van der Waals surface area (Å²) >= 11 is 0. The fourth-order valence-electron chi connectivity index (χ4n) is 3.22. The normalized spacial score (nSPS) is 11.0. The van der Waals surface area contributed by atoms with Crippen molar-refractivity contribution in [3.8, 4) is 17.2 Å². The number of sulfonamides is 1. The van der Waals surface area contributed by atoms with Crippen LogP contribution in [0.3, 0.4) is 0 Å². The van der Waals surface area contributed by atoms with Gasteiger partial charge >= 0.3 is 0 Å². The Morgan fingerprint density at radius 1 is 0.912 bits per heavy atom. The number of aryl methyl sites for hydroxylation is 1. The first kappa shape index (κ1) is 24.8. The Kier molecular flexibility index (Phi) is 7.62. The van der Waals surface area contributed by atoms with Gasteiger partial charge in [-0.25, -0.2) is 12.8 Å². The van der Waals surface area contributed by atoms with Crippen LogP contribution in [0.5, 0.6) is 17.2 Å². The molecule has 10 heteroatoms. The summed E-state index contributed by atoms with van der Waals surface area (Å²) in [5, 5.41) is 2.58. The number of methoxy groups -OCH3 is 3. The standard InChI is InChI=1S/C24H25FN2O6S/c1-16-5-6-17(25)13-21(16)26-24(28)15-27(18-7-9-19(31-2)10-8-18)34(29,30)20-11-12-22(32-3)23(14-20)33-4/h5-14H,15H2,1-4H3,(H,26,28). The van der Waals surface area contributed by atoms with Crippen LogP contribution in [0.2, 0.25) is 0 Å². The van der Waals surface area contributed by atoms with E-state index in [9.17, 15) is 17.6 Å². The van der Waals surface area contributed by atoms with Crippen molar-refractivity contribution in [3.05, 3.63) is 72.0 Å². The van der Waals surface area contributed by atoms with E-state index in [-0.39, 0.29) is 22.0 Å². The molecule has 0 radical (unpaired) electrons. The number of rotatable bonds is 9. The van der Waals surface area contributed by atoms with E-state index < -0.39 is 28.3 Å². The molecule has 0 aliphatic carbocycles. The lowest BCUT2D eigenvalue weighted by molar-refractivity contribution is -0.114. The molecule has 0 aromatic heterocycles. The summed E-state index contributed by atoms with van der Waals surface area (Å²) < 4.78 is 57.4. The van der Waals surface area contributed by atoms with Gasteiger partial charge in [0.05, 0.1) is 31.9 Å². The molecule has 3 aromatic carbocycles. The fraction of sp³-hybridized carbons (Fsp3) is 0.208. The molecule has 0 aliphatic rings. The molecule has 0 saturated heterocycles. The van der Waals surface area contributed by atoms with E-state index in [0.29, 0.717) is 17.1 Å². The second kappa shape index (κ2) is 10.4. The molecule has 0 unspecified atom stereocenters. The predicted octanol–water partition coefficient (Wildman–Crippen LogP) is 3.99. The molecule has 3 rings (SSSR count). The van der Waals surface area contributed by atoms with Gasteiger partial charge in [0, 0.05) is 11.8 Å². The molecular formula is C24H25FN2O6S. The Morgan fingerprint density at radius 2 is 1.59 bits per heavy atom. The van der Waals surface area contributed by atoms with Crippen molar-refractivity contribution in [3.63, 3.8) is 0 Å². The maximum Gasteiger partial charge on any atom is 0.264 e. The highest BCUT2D eigenvalue weighted by molar-refractivity contribution is 7.92. The molecule has 8 nitrogen and oxygen atoms in total. The number of hydrogen-bond donors (Lipinski definition) is 1. The molecule has 34 heavy (non-hydrogen) atoms. The highest BCUT2D eigenvalue weighted by Gasteiger charge is 2.28. The van der Waals surface area contributed by atoms with Gasteiger partial charge in [0.15, 0.2) is 11.5 Å². The Morgan fingerprint density at radius 3 is 2.21 bits per heavy atom. The summed E-state index contributed by atoms with van der Waals surface area (Å²) in [5.41, 5.74) is 1.12. The Balaban J connectivity index is 2.01. The van der Waals surface area contributed by atoms with Crippen molar-refractivity contribution in [2.75, 3.05) is 37.5 Å². The third kappa shape index (κ3) is 5.40. The van der Waals surface area contributed by atoms with Gasteiger partial charge in [0.1, 0.15) is 18.1 Å². The number of halogens is 1. The number of carbonyl (C=O) groups is 1. The van der Waals surface area contributed by atoms with Crippen LogP contribution in [0.15, 0.2) is 65.6 Å². The molecule has 0 aliphatic heterocycles. The maximum atomic E-state index is 13.6. The Bertz CT molecular complexity index is 1280. The fourth-order valence-corrected chi connectivity index (χ4v) is 4.65. The van der Waals surface area contributed by atoms with Crippen LogP contribution in [0.25, 0.3) is 0 Å². The molecule has 0 saturated carbocycles. The van der Waals surface area contributed by atoms with E-state index in [1.807, 2.05) is 0 Å². The number of carbonyl (C=O) groups excluding carboxylic acids is 1. The first-order valence-electron chi connectivity index (χ1n) is 10.1. The van der Waals surface area contributed by atoms with Crippen LogP contribution < -0.4 is 23.8 Å². The number of nitrogens with zero attached hydrogens (tertiary/aromatic N) is 1. The van der Waals surface area contributed by atoms with Gasteiger partial charge in [-0.2, -0.15) is 0 Å². The number of ether oxygens (including phenoxy) is 3. The number of hydrogen-bond acceptors (Lipinski definition) is 6. The Labute approximate surface area is 197 Å². The minimum Gasteiger partial charge on any atom is -0.497 e. The molecule has 0 atom stereocenters. The lowest BCUT2D eigenvalue weighted by Crippen LogP contribution is -2.38. The van der Waals surface area contributed by atoms with Crippen LogP contribution in [0.4, 0.5) is 15.8 Å². The summed E-state index contributed by atoms with van der Waals surface area (Å²) in [6, 6.07) is 14.3. The SMILES string of the molecule is COc1ccc(N(CC(=O)Nc2cc(F)ccc2C)S(=O)(=O)c2ccc(OC)c(OC)c2)cc1. The van der Waals surface area contributed by atoms with Crippen molar-refractivity contribution in [1.29, 1.82) is 0 Å². The smallest absolute Gasteiger partial charge is 0.264 e. The first-order valence-corrected chi connectivity index (χ1v) is 11.6. The van der Waals surface area contributed by atoms with Crippen LogP contribution in [-0.2, 0) is 14.8 Å². The average molecular weight is 489 g/mol. The molecule has 0 heterocycles. The molecule has 0 bridgehead atoms. The van der Waals surface area contributed by atoms with Crippen LogP contribution >= 0.6 is 0 Å². The van der Waals surface area contributed by atoms with Crippen LogP contribution in [0, 0.1) is 12.7 Å². The molecule has 3 aromatic rings. The van der Waals surface area contributed by atoms with Crippen LogP contribution in [-0.4, -0.2) is 42.2 Å². The Hall–Kier alpha value is -3.79. The molecule has 0 spiro atoms. The van der Waals surface area contributed by atoms with Gasteiger partial charge in [0.25, 0.3) is 10.0 Å². The second-order valence-corrected chi connectivity index (χ2v) is 9.10. The largest absolute Gasteiger partial charge is 0.497 e. The second-order valence-electron chi connectivity index (χ2n) is 7.23. The van der Waals surface area contributed by atoms with Crippen molar-refractivity contribution >= 4 is 27.3 Å². The van der Waals surface area contributed by atoms with E-state index >= 15 is 0 Å². The van der Waals surface area contributed by atoms with E-state index in [2.05, 4.69) is 5.32 Å². The summed E-state index contributed by atoms with van der Waals surface area (Å²) in [6.45, 7) is 1.15. The number of benzene rings is 3.